The van der Waals surface area contributed by atoms with Gasteiger partial charge in [0.1, 0.15) is 10.6 Å². The summed E-state index contributed by atoms with van der Waals surface area (Å²) in [6.45, 7) is 5.35. The minimum atomic E-state index is -0.872. The molecule has 2 heterocycles. The summed E-state index contributed by atoms with van der Waals surface area (Å²) in [4.78, 5) is 49.6. The molecule has 4 amide bonds. The van der Waals surface area contributed by atoms with Crippen molar-refractivity contribution in [2.75, 3.05) is 4.90 Å². The molecule has 0 atom stereocenters. The summed E-state index contributed by atoms with van der Waals surface area (Å²) in [6.07, 6.45) is 1.40. The smallest absolute Gasteiger partial charge is 0.318 e. The lowest BCUT2D eigenvalue weighted by molar-refractivity contribution is -0.384. The van der Waals surface area contributed by atoms with E-state index in [9.17, 15) is 24.5 Å². The van der Waals surface area contributed by atoms with Crippen LogP contribution in [-0.4, -0.2) is 27.3 Å². The lowest BCUT2D eigenvalue weighted by Gasteiger charge is -2.26. The van der Waals surface area contributed by atoms with Crippen LogP contribution >= 0.6 is 23.2 Å². The van der Waals surface area contributed by atoms with Crippen LogP contribution in [0.4, 0.5) is 16.2 Å². The monoisotopic (exact) mass is 512 g/mol. The fraction of sp³-hybridized carbons (Fsp3) is 0.125. The Kier molecular flexibility index (Phi) is 6.23. The molecule has 0 radical (unpaired) electrons. The second-order valence-electron chi connectivity index (χ2n) is 7.95. The quantitative estimate of drug-likeness (QED) is 0.221. The van der Waals surface area contributed by atoms with Gasteiger partial charge < -0.3 is 4.57 Å². The van der Waals surface area contributed by atoms with Crippen LogP contribution in [0.15, 0.2) is 48.0 Å². The standard InChI is InChI=1S/C24H18Cl2N4O5/c1-12-4-5-17(10-19(12)25)29-23(32)18(22(31)27-24(29)33)9-15-8-13(2)28(14(15)3)16-6-7-21(30(34)35)20(26)11-16/h4-11H,1-3H3,(H,27,31,33)/b18-9-. The van der Waals surface area contributed by atoms with Gasteiger partial charge in [-0.25, -0.2) is 9.69 Å². The van der Waals surface area contributed by atoms with Crippen molar-refractivity contribution in [3.8, 4) is 5.69 Å². The molecular formula is C24H18Cl2N4O5. The van der Waals surface area contributed by atoms with Crippen LogP contribution in [0.5, 0.6) is 0 Å². The van der Waals surface area contributed by atoms with Crippen molar-refractivity contribution in [1.29, 1.82) is 0 Å². The van der Waals surface area contributed by atoms with Crippen LogP contribution in [0.3, 0.4) is 0 Å². The highest BCUT2D eigenvalue weighted by atomic mass is 35.5. The first-order valence-electron chi connectivity index (χ1n) is 10.3. The van der Waals surface area contributed by atoms with E-state index in [4.69, 9.17) is 23.2 Å². The molecule has 0 bridgehead atoms. The zero-order chi connectivity index (χ0) is 25.6. The molecule has 1 N–H and O–H groups in total. The van der Waals surface area contributed by atoms with E-state index in [1.54, 1.807) is 49.6 Å². The predicted octanol–water partition coefficient (Wildman–Crippen LogP) is 5.28. The number of amides is 4. The zero-order valence-corrected chi connectivity index (χ0v) is 20.3. The van der Waals surface area contributed by atoms with Gasteiger partial charge in [0, 0.05) is 28.2 Å². The Hall–Kier alpha value is -3.95. The van der Waals surface area contributed by atoms with Crippen molar-refractivity contribution in [3.63, 3.8) is 0 Å². The Morgan fingerprint density at radius 3 is 2.23 bits per heavy atom. The molecule has 1 aliphatic heterocycles. The number of imide groups is 2. The van der Waals surface area contributed by atoms with Crippen LogP contribution in [0, 0.1) is 30.9 Å². The highest BCUT2D eigenvalue weighted by molar-refractivity contribution is 6.39. The molecule has 1 aromatic heterocycles. The van der Waals surface area contributed by atoms with Crippen LogP contribution in [-0.2, 0) is 9.59 Å². The van der Waals surface area contributed by atoms with E-state index in [0.29, 0.717) is 22.0 Å². The molecule has 0 saturated carbocycles. The average molecular weight is 513 g/mol. The largest absolute Gasteiger partial charge is 0.335 e. The highest BCUT2D eigenvalue weighted by Gasteiger charge is 2.37. The van der Waals surface area contributed by atoms with Gasteiger partial charge in [-0.05, 0) is 68.3 Å². The SMILES string of the molecule is Cc1ccc(N2C(=O)NC(=O)/C(=C/c3cc(C)n(-c4ccc([N+](=O)[O-])c(Cl)c4)c3C)C2=O)cc1Cl. The van der Waals surface area contributed by atoms with E-state index < -0.39 is 22.8 Å². The first kappa shape index (κ1) is 24.2. The molecule has 178 valence electrons. The zero-order valence-electron chi connectivity index (χ0n) is 18.8. The lowest BCUT2D eigenvalue weighted by atomic mass is 10.1. The van der Waals surface area contributed by atoms with Crippen molar-refractivity contribution >= 4 is 58.5 Å². The Labute approximate surface area is 209 Å². The number of anilines is 1. The number of hydrogen-bond donors (Lipinski definition) is 1. The maximum Gasteiger partial charge on any atom is 0.335 e. The van der Waals surface area contributed by atoms with Gasteiger partial charge in [-0.15, -0.1) is 0 Å². The minimum Gasteiger partial charge on any atom is -0.318 e. The van der Waals surface area contributed by atoms with Gasteiger partial charge in [-0.2, -0.15) is 0 Å². The second-order valence-corrected chi connectivity index (χ2v) is 8.76. The van der Waals surface area contributed by atoms with E-state index >= 15 is 0 Å². The van der Waals surface area contributed by atoms with Crippen LogP contribution in [0.1, 0.15) is 22.5 Å². The molecule has 35 heavy (non-hydrogen) atoms. The fourth-order valence-corrected chi connectivity index (χ4v) is 4.30. The van der Waals surface area contributed by atoms with Gasteiger partial charge >= 0.3 is 6.03 Å². The molecule has 11 heteroatoms. The van der Waals surface area contributed by atoms with E-state index in [-0.39, 0.29) is 22.0 Å². The predicted molar refractivity (Wildman–Crippen MR) is 132 cm³/mol. The van der Waals surface area contributed by atoms with Crippen LogP contribution < -0.4 is 10.2 Å². The van der Waals surface area contributed by atoms with Gasteiger partial charge in [0.05, 0.1) is 10.6 Å². The summed E-state index contributed by atoms with van der Waals surface area (Å²) < 4.78 is 1.79. The summed E-state index contributed by atoms with van der Waals surface area (Å²) in [5.74, 6) is -1.61. The number of barbiturate groups is 1. The van der Waals surface area contributed by atoms with Gasteiger partial charge in [0.25, 0.3) is 17.5 Å². The van der Waals surface area contributed by atoms with Gasteiger partial charge in [-0.1, -0.05) is 29.3 Å². The van der Waals surface area contributed by atoms with Gasteiger partial charge in [0.15, 0.2) is 0 Å². The van der Waals surface area contributed by atoms with Gasteiger partial charge in [-0.3, -0.25) is 25.0 Å². The molecule has 0 aliphatic carbocycles. The molecule has 1 aliphatic rings. The first-order valence-corrected chi connectivity index (χ1v) is 11.1. The molecule has 0 spiro atoms. The molecule has 1 saturated heterocycles. The molecule has 2 aromatic carbocycles. The van der Waals surface area contributed by atoms with E-state index in [1.165, 1.54) is 24.3 Å². The maximum atomic E-state index is 13.2. The second kappa shape index (κ2) is 9.01. The summed E-state index contributed by atoms with van der Waals surface area (Å²) >= 11 is 12.2. The third-order valence-electron chi connectivity index (χ3n) is 5.67. The molecule has 1 fully saturated rings. The summed E-state index contributed by atoms with van der Waals surface area (Å²) in [6, 6.07) is 9.93. The molecule has 0 unspecified atom stereocenters. The van der Waals surface area contributed by atoms with Crippen LogP contribution in [0.25, 0.3) is 11.8 Å². The van der Waals surface area contributed by atoms with E-state index in [0.717, 1.165) is 16.2 Å². The average Bonchev–Trinajstić information content (AvgIpc) is 3.05. The number of aromatic nitrogens is 1. The molecular weight excluding hydrogens is 495 g/mol. The molecule has 9 nitrogen and oxygen atoms in total. The number of benzene rings is 2. The van der Waals surface area contributed by atoms with Gasteiger partial charge in [0.2, 0.25) is 0 Å². The summed E-state index contributed by atoms with van der Waals surface area (Å²) in [7, 11) is 0. The number of carbonyl (C=O) groups excluding carboxylic acids is 3. The van der Waals surface area contributed by atoms with Crippen molar-refractivity contribution in [1.82, 2.24) is 9.88 Å². The number of nitro groups is 1. The van der Waals surface area contributed by atoms with E-state index in [2.05, 4.69) is 5.32 Å². The maximum absolute atomic E-state index is 13.2. The highest BCUT2D eigenvalue weighted by Crippen LogP contribution is 2.31. The molecule has 3 aromatic rings. The number of nitrogens with one attached hydrogen (secondary N) is 1. The topological polar surface area (TPSA) is 115 Å². The first-order chi connectivity index (χ1) is 16.5. The van der Waals surface area contributed by atoms with Crippen molar-refractivity contribution in [2.45, 2.75) is 20.8 Å². The number of rotatable bonds is 4. The Balaban J connectivity index is 1.76. The Morgan fingerprint density at radius 2 is 1.60 bits per heavy atom. The number of carbonyl (C=O) groups is 3. The number of nitro benzene ring substituents is 1. The third kappa shape index (κ3) is 4.31. The third-order valence-corrected chi connectivity index (χ3v) is 6.38. The normalized spacial score (nSPS) is 15.1. The van der Waals surface area contributed by atoms with E-state index in [1.807, 2.05) is 0 Å². The van der Waals surface area contributed by atoms with Crippen molar-refractivity contribution in [3.05, 3.63) is 90.7 Å². The van der Waals surface area contributed by atoms with Crippen LogP contribution in [0.2, 0.25) is 10.0 Å². The summed E-state index contributed by atoms with van der Waals surface area (Å²) in [5, 5.41) is 13.6. The summed E-state index contributed by atoms with van der Waals surface area (Å²) in [5.41, 5.74) is 3.06. The van der Waals surface area contributed by atoms with Crippen molar-refractivity contribution < 1.29 is 19.3 Å². The number of nitrogens with zero attached hydrogens (tertiary/aromatic N) is 3. The van der Waals surface area contributed by atoms with Crippen molar-refractivity contribution in [2.24, 2.45) is 0 Å². The Bertz CT molecular complexity index is 1470. The number of hydrogen-bond acceptors (Lipinski definition) is 5. The lowest BCUT2D eigenvalue weighted by Crippen LogP contribution is -2.54. The number of halogens is 2. The fourth-order valence-electron chi connectivity index (χ4n) is 3.88. The minimum absolute atomic E-state index is 0.0207. The Morgan fingerprint density at radius 1 is 0.943 bits per heavy atom. The number of urea groups is 1. The molecule has 4 rings (SSSR count). The number of aryl methyl sites for hydroxylation is 2.